The van der Waals surface area contributed by atoms with Gasteiger partial charge in [-0.1, -0.05) is 38.3 Å². The van der Waals surface area contributed by atoms with E-state index in [1.165, 1.54) is 25.7 Å². The van der Waals surface area contributed by atoms with E-state index < -0.39 is 5.91 Å². The monoisotopic (exact) mass is 294 g/mol. The predicted octanol–water partition coefficient (Wildman–Crippen LogP) is 4.07. The van der Waals surface area contributed by atoms with Crippen LogP contribution in [0.1, 0.15) is 49.9 Å². The Balaban J connectivity index is 2.12. The summed E-state index contributed by atoms with van der Waals surface area (Å²) in [5, 5.41) is 4.00. The summed E-state index contributed by atoms with van der Waals surface area (Å²) >= 11 is 6.10. The van der Waals surface area contributed by atoms with Gasteiger partial charge < -0.3 is 11.1 Å². The molecule has 0 heterocycles. The third-order valence-electron chi connectivity index (χ3n) is 4.26. The summed E-state index contributed by atoms with van der Waals surface area (Å²) in [5.74, 6) is 0.880. The lowest BCUT2D eigenvalue weighted by Gasteiger charge is -2.35. The molecule has 0 aliphatic heterocycles. The molecule has 2 rings (SSSR count). The zero-order valence-electron chi connectivity index (χ0n) is 12.2. The van der Waals surface area contributed by atoms with Gasteiger partial charge in [0.25, 0.3) is 0 Å². The minimum absolute atomic E-state index is 0.376. The van der Waals surface area contributed by atoms with Gasteiger partial charge in [0.1, 0.15) is 0 Å². The van der Waals surface area contributed by atoms with Crippen LogP contribution in [0.5, 0.6) is 0 Å². The molecule has 1 fully saturated rings. The Kier molecular flexibility index (Phi) is 4.92. The lowest BCUT2D eigenvalue weighted by atomic mass is 9.78. The first-order chi connectivity index (χ1) is 9.49. The molecule has 0 bridgehead atoms. The Morgan fingerprint density at radius 3 is 2.65 bits per heavy atom. The number of carbonyl (C=O) groups is 1. The topological polar surface area (TPSA) is 55.1 Å². The van der Waals surface area contributed by atoms with Crippen molar-refractivity contribution < 1.29 is 4.79 Å². The first-order valence-electron chi connectivity index (χ1n) is 7.35. The Morgan fingerprint density at radius 1 is 1.35 bits per heavy atom. The molecular formula is C16H23ClN2O. The normalized spacial score (nSPS) is 22.8. The maximum absolute atomic E-state index is 11.2. The number of halogens is 1. The van der Waals surface area contributed by atoms with Crippen molar-refractivity contribution in [1.82, 2.24) is 0 Å². The van der Waals surface area contributed by atoms with Crippen molar-refractivity contribution in [3.63, 3.8) is 0 Å². The van der Waals surface area contributed by atoms with Crippen LogP contribution in [0.3, 0.4) is 0 Å². The summed E-state index contributed by atoms with van der Waals surface area (Å²) in [6.07, 6.45) is 5.07. The van der Waals surface area contributed by atoms with Gasteiger partial charge in [-0.15, -0.1) is 0 Å². The van der Waals surface area contributed by atoms with E-state index >= 15 is 0 Å². The van der Waals surface area contributed by atoms with Crippen LogP contribution in [0.25, 0.3) is 0 Å². The Bertz CT molecular complexity index is 487. The molecule has 1 aliphatic rings. The summed E-state index contributed by atoms with van der Waals surface area (Å²) in [6.45, 7) is 4.57. The number of carbonyl (C=O) groups excluding carboxylic acids is 1. The second-order valence-electron chi connectivity index (χ2n) is 6.00. The quantitative estimate of drug-likeness (QED) is 0.879. The van der Waals surface area contributed by atoms with E-state index in [0.717, 1.165) is 5.69 Å². The van der Waals surface area contributed by atoms with Crippen LogP contribution in [0.4, 0.5) is 5.69 Å². The van der Waals surface area contributed by atoms with Crippen molar-refractivity contribution in [1.29, 1.82) is 0 Å². The fourth-order valence-electron chi connectivity index (χ4n) is 3.16. The number of hydrogen-bond donors (Lipinski definition) is 2. The predicted molar refractivity (Wildman–Crippen MR) is 84.2 cm³/mol. The second kappa shape index (κ2) is 6.49. The van der Waals surface area contributed by atoms with E-state index in [1.807, 2.05) is 6.07 Å². The number of benzene rings is 1. The van der Waals surface area contributed by atoms with Crippen molar-refractivity contribution in [2.75, 3.05) is 5.32 Å². The van der Waals surface area contributed by atoms with Crippen LogP contribution < -0.4 is 11.1 Å². The van der Waals surface area contributed by atoms with Crippen molar-refractivity contribution in [3.8, 4) is 0 Å². The molecule has 4 heteroatoms. The third kappa shape index (κ3) is 3.45. The van der Waals surface area contributed by atoms with Gasteiger partial charge >= 0.3 is 0 Å². The molecule has 2 atom stereocenters. The molecule has 0 radical (unpaired) electrons. The minimum Gasteiger partial charge on any atom is -0.382 e. The average molecular weight is 295 g/mol. The minimum atomic E-state index is -0.487. The van der Waals surface area contributed by atoms with Crippen molar-refractivity contribution in [2.24, 2.45) is 17.6 Å². The highest BCUT2D eigenvalue weighted by Gasteiger charge is 2.27. The smallest absolute Gasteiger partial charge is 0.250 e. The van der Waals surface area contributed by atoms with Crippen molar-refractivity contribution in [3.05, 3.63) is 28.8 Å². The molecule has 0 aromatic heterocycles. The van der Waals surface area contributed by atoms with Gasteiger partial charge in [-0.05, 0) is 42.9 Å². The zero-order valence-corrected chi connectivity index (χ0v) is 12.9. The molecule has 0 spiro atoms. The van der Waals surface area contributed by atoms with Crippen molar-refractivity contribution in [2.45, 2.75) is 45.6 Å². The highest BCUT2D eigenvalue weighted by Crippen LogP contribution is 2.33. The van der Waals surface area contributed by atoms with E-state index in [9.17, 15) is 4.79 Å². The number of hydrogen-bond acceptors (Lipinski definition) is 2. The van der Waals surface area contributed by atoms with Gasteiger partial charge in [0, 0.05) is 11.7 Å². The van der Waals surface area contributed by atoms with Gasteiger partial charge in [-0.25, -0.2) is 0 Å². The fourth-order valence-corrected chi connectivity index (χ4v) is 3.43. The molecular weight excluding hydrogens is 272 g/mol. The average Bonchev–Trinajstić information content (AvgIpc) is 2.38. The van der Waals surface area contributed by atoms with Crippen LogP contribution in [-0.2, 0) is 0 Å². The Labute approximate surface area is 125 Å². The number of anilines is 1. The number of nitrogens with two attached hydrogens (primary N) is 1. The summed E-state index contributed by atoms with van der Waals surface area (Å²) < 4.78 is 0. The van der Waals surface area contributed by atoms with Gasteiger partial charge in [0.2, 0.25) is 5.91 Å². The largest absolute Gasteiger partial charge is 0.382 e. The molecule has 1 saturated carbocycles. The first kappa shape index (κ1) is 15.2. The standard InChI is InChI=1S/C16H23ClN2O/c1-10(2)12-5-3-4-6-15(12)19-11-7-8-13(16(18)20)14(17)9-11/h7-10,12,15,19H,3-6H2,1-2H3,(H2,18,20). The molecule has 1 aliphatic carbocycles. The van der Waals surface area contributed by atoms with Crippen LogP contribution in [0.2, 0.25) is 5.02 Å². The molecule has 3 N–H and O–H groups in total. The first-order valence-corrected chi connectivity index (χ1v) is 7.72. The van der Waals surface area contributed by atoms with E-state index in [1.54, 1.807) is 12.1 Å². The number of rotatable bonds is 4. The van der Waals surface area contributed by atoms with Gasteiger partial charge in [0.05, 0.1) is 10.6 Å². The van der Waals surface area contributed by atoms with Crippen LogP contribution >= 0.6 is 11.6 Å². The molecule has 2 unspecified atom stereocenters. The van der Waals surface area contributed by atoms with Gasteiger partial charge in [-0.3, -0.25) is 4.79 Å². The van der Waals surface area contributed by atoms with Gasteiger partial charge in [0.15, 0.2) is 0 Å². The third-order valence-corrected chi connectivity index (χ3v) is 4.58. The molecule has 3 nitrogen and oxygen atoms in total. The number of primary amides is 1. The van der Waals surface area contributed by atoms with Crippen LogP contribution in [0, 0.1) is 11.8 Å². The summed E-state index contributed by atoms with van der Waals surface area (Å²) in [6, 6.07) is 5.87. The lowest BCUT2D eigenvalue weighted by molar-refractivity contribution is 0.100. The SMILES string of the molecule is CC(C)C1CCCCC1Nc1ccc(C(N)=O)c(Cl)c1. The maximum atomic E-state index is 11.2. The molecule has 1 amide bonds. The van der Waals surface area contributed by atoms with E-state index in [0.29, 0.717) is 28.5 Å². The van der Waals surface area contributed by atoms with Crippen molar-refractivity contribution >= 4 is 23.2 Å². The van der Waals surface area contributed by atoms with E-state index in [-0.39, 0.29) is 0 Å². The molecule has 110 valence electrons. The zero-order chi connectivity index (χ0) is 14.7. The molecule has 1 aromatic carbocycles. The van der Waals surface area contributed by atoms with Crippen LogP contribution in [-0.4, -0.2) is 11.9 Å². The summed E-state index contributed by atoms with van der Waals surface area (Å²) in [4.78, 5) is 11.2. The second-order valence-corrected chi connectivity index (χ2v) is 6.41. The number of amides is 1. The van der Waals surface area contributed by atoms with E-state index in [2.05, 4.69) is 19.2 Å². The van der Waals surface area contributed by atoms with Gasteiger partial charge in [-0.2, -0.15) is 0 Å². The fraction of sp³-hybridized carbons (Fsp3) is 0.562. The Hall–Kier alpha value is -1.22. The summed E-state index contributed by atoms with van der Waals surface area (Å²) in [7, 11) is 0. The maximum Gasteiger partial charge on any atom is 0.250 e. The van der Waals surface area contributed by atoms with E-state index in [4.69, 9.17) is 17.3 Å². The van der Waals surface area contributed by atoms with Crippen LogP contribution in [0.15, 0.2) is 18.2 Å². The lowest BCUT2D eigenvalue weighted by Crippen LogP contribution is -2.35. The molecule has 0 saturated heterocycles. The molecule has 20 heavy (non-hydrogen) atoms. The highest BCUT2D eigenvalue weighted by molar-refractivity contribution is 6.34. The molecule has 1 aromatic rings. The Morgan fingerprint density at radius 2 is 2.05 bits per heavy atom. The number of nitrogens with one attached hydrogen (secondary N) is 1. The highest BCUT2D eigenvalue weighted by atomic mass is 35.5. The summed E-state index contributed by atoms with van der Waals surface area (Å²) in [5.41, 5.74) is 6.61.